The van der Waals surface area contributed by atoms with E-state index in [1.54, 1.807) is 0 Å². The predicted molar refractivity (Wildman–Crippen MR) is 38.1 cm³/mol. The first-order chi connectivity index (χ1) is 5.87. The zero-order valence-corrected chi connectivity index (χ0v) is 7.35. The smallest absolute Gasteiger partial charge is 0.411 e. The van der Waals surface area contributed by atoms with E-state index >= 15 is 0 Å². The van der Waals surface area contributed by atoms with E-state index in [0.717, 1.165) is 0 Å². The van der Waals surface area contributed by atoms with Gasteiger partial charge in [0, 0.05) is 0 Å². The van der Waals surface area contributed by atoms with Crippen LogP contribution in [-0.4, -0.2) is 32.5 Å². The van der Waals surface area contributed by atoms with E-state index in [1.807, 2.05) is 0 Å². The van der Waals surface area contributed by atoms with Gasteiger partial charge in [0.25, 0.3) is 0 Å². The molecular formula is C7H11F3O3. The van der Waals surface area contributed by atoms with E-state index in [1.165, 1.54) is 14.0 Å². The van der Waals surface area contributed by atoms with Crippen molar-refractivity contribution >= 4 is 5.97 Å². The van der Waals surface area contributed by atoms with Crippen molar-refractivity contribution in [2.24, 2.45) is 5.92 Å². The lowest BCUT2D eigenvalue weighted by Crippen LogP contribution is -2.23. The quantitative estimate of drug-likeness (QED) is 0.643. The molecule has 1 unspecified atom stereocenters. The third kappa shape index (κ3) is 6.39. The Kier molecular flexibility index (Phi) is 4.76. The predicted octanol–water partition coefficient (Wildman–Crippen LogP) is 1.37. The Bertz CT molecular complexity index is 167. The Balaban J connectivity index is 3.59. The number of rotatable bonds is 4. The minimum absolute atomic E-state index is 0.286. The standard InChI is InChI=1S/C7H11F3O3/c1-5(6(11)12-2)3-13-4-7(8,9)10/h5H,3-4H2,1-2H3. The van der Waals surface area contributed by atoms with Crippen LogP contribution in [0.1, 0.15) is 6.92 Å². The highest BCUT2D eigenvalue weighted by atomic mass is 19.4. The monoisotopic (exact) mass is 200 g/mol. The normalized spacial score (nSPS) is 13.9. The van der Waals surface area contributed by atoms with Crippen molar-refractivity contribution in [3.8, 4) is 0 Å². The van der Waals surface area contributed by atoms with Gasteiger partial charge < -0.3 is 9.47 Å². The average Bonchev–Trinajstić information content (AvgIpc) is 2.00. The van der Waals surface area contributed by atoms with Crippen LogP contribution in [0.5, 0.6) is 0 Å². The van der Waals surface area contributed by atoms with Gasteiger partial charge in [0.2, 0.25) is 0 Å². The summed E-state index contributed by atoms with van der Waals surface area (Å²) in [6.45, 7) is -0.192. The van der Waals surface area contributed by atoms with Crippen LogP contribution in [0, 0.1) is 5.92 Å². The fourth-order valence-corrected chi connectivity index (χ4v) is 0.621. The van der Waals surface area contributed by atoms with Crippen LogP contribution in [-0.2, 0) is 14.3 Å². The largest absolute Gasteiger partial charge is 0.469 e. The number of hydrogen-bond acceptors (Lipinski definition) is 3. The van der Waals surface area contributed by atoms with Gasteiger partial charge >= 0.3 is 12.1 Å². The molecule has 0 aliphatic carbocycles. The van der Waals surface area contributed by atoms with Crippen LogP contribution >= 0.6 is 0 Å². The number of alkyl halides is 3. The summed E-state index contributed by atoms with van der Waals surface area (Å²) in [5.74, 6) is -1.26. The van der Waals surface area contributed by atoms with Crippen molar-refractivity contribution in [2.75, 3.05) is 20.3 Å². The van der Waals surface area contributed by atoms with Crippen LogP contribution in [0.2, 0.25) is 0 Å². The number of esters is 1. The van der Waals surface area contributed by atoms with Gasteiger partial charge in [-0.3, -0.25) is 4.79 Å². The second kappa shape index (κ2) is 5.06. The average molecular weight is 200 g/mol. The highest BCUT2D eigenvalue weighted by molar-refractivity contribution is 5.71. The van der Waals surface area contributed by atoms with Gasteiger partial charge in [-0.25, -0.2) is 0 Å². The van der Waals surface area contributed by atoms with Crippen molar-refractivity contribution in [2.45, 2.75) is 13.1 Å². The molecule has 0 spiro atoms. The van der Waals surface area contributed by atoms with Crippen LogP contribution < -0.4 is 0 Å². The van der Waals surface area contributed by atoms with Gasteiger partial charge in [-0.05, 0) is 6.92 Å². The molecule has 0 aliphatic heterocycles. The molecule has 0 rings (SSSR count). The lowest BCUT2D eigenvalue weighted by Gasteiger charge is -2.11. The van der Waals surface area contributed by atoms with E-state index in [0.29, 0.717) is 0 Å². The van der Waals surface area contributed by atoms with E-state index in [9.17, 15) is 18.0 Å². The molecule has 0 bridgehead atoms. The number of methoxy groups -OCH3 is 1. The third-order valence-electron chi connectivity index (χ3n) is 1.24. The summed E-state index contributed by atoms with van der Waals surface area (Å²) >= 11 is 0. The maximum atomic E-state index is 11.5. The second-order valence-corrected chi connectivity index (χ2v) is 2.55. The lowest BCUT2D eigenvalue weighted by molar-refractivity contribution is -0.179. The minimum Gasteiger partial charge on any atom is -0.469 e. The fourth-order valence-electron chi connectivity index (χ4n) is 0.621. The molecule has 3 nitrogen and oxygen atoms in total. The molecule has 78 valence electrons. The first-order valence-electron chi connectivity index (χ1n) is 3.59. The topological polar surface area (TPSA) is 35.5 Å². The molecule has 0 N–H and O–H groups in total. The summed E-state index contributed by atoms with van der Waals surface area (Å²) in [6, 6.07) is 0. The molecule has 6 heteroatoms. The zero-order chi connectivity index (χ0) is 10.5. The van der Waals surface area contributed by atoms with Crippen LogP contribution in [0.4, 0.5) is 13.2 Å². The first kappa shape index (κ1) is 12.2. The summed E-state index contributed by atoms with van der Waals surface area (Å²) in [6.07, 6.45) is -4.35. The van der Waals surface area contributed by atoms with Gasteiger partial charge in [-0.15, -0.1) is 0 Å². The second-order valence-electron chi connectivity index (χ2n) is 2.55. The summed E-state index contributed by atoms with van der Waals surface area (Å²) in [4.78, 5) is 10.7. The van der Waals surface area contributed by atoms with Crippen molar-refractivity contribution in [1.82, 2.24) is 0 Å². The van der Waals surface area contributed by atoms with Gasteiger partial charge in [0.15, 0.2) is 0 Å². The number of halogens is 3. The Morgan fingerprint density at radius 1 is 1.46 bits per heavy atom. The highest BCUT2D eigenvalue weighted by Gasteiger charge is 2.28. The highest BCUT2D eigenvalue weighted by Crippen LogP contribution is 2.15. The molecule has 0 aliphatic rings. The van der Waals surface area contributed by atoms with Crippen molar-refractivity contribution < 1.29 is 27.4 Å². The molecule has 0 aromatic rings. The number of carbonyl (C=O) groups excluding carboxylic acids is 1. The van der Waals surface area contributed by atoms with Crippen molar-refractivity contribution in [3.05, 3.63) is 0 Å². The molecule has 0 fully saturated rings. The molecule has 0 aromatic heterocycles. The molecule has 13 heavy (non-hydrogen) atoms. The number of carbonyl (C=O) groups is 1. The molecule has 0 amide bonds. The Labute approximate surface area is 73.8 Å². The zero-order valence-electron chi connectivity index (χ0n) is 7.35. The van der Waals surface area contributed by atoms with Crippen molar-refractivity contribution in [3.63, 3.8) is 0 Å². The number of ether oxygens (including phenoxy) is 2. The van der Waals surface area contributed by atoms with E-state index in [2.05, 4.69) is 9.47 Å². The van der Waals surface area contributed by atoms with Gasteiger partial charge in [0.1, 0.15) is 6.61 Å². The summed E-state index contributed by atoms with van der Waals surface area (Å²) in [5, 5.41) is 0. The Morgan fingerprint density at radius 2 is 2.00 bits per heavy atom. The van der Waals surface area contributed by atoms with E-state index < -0.39 is 24.7 Å². The molecule has 0 radical (unpaired) electrons. The fraction of sp³-hybridized carbons (Fsp3) is 0.857. The maximum absolute atomic E-state index is 11.5. The third-order valence-corrected chi connectivity index (χ3v) is 1.24. The SMILES string of the molecule is COC(=O)C(C)COCC(F)(F)F. The van der Waals surface area contributed by atoms with E-state index in [-0.39, 0.29) is 6.61 Å². The molecule has 0 saturated carbocycles. The van der Waals surface area contributed by atoms with Crippen molar-refractivity contribution in [1.29, 1.82) is 0 Å². The first-order valence-corrected chi connectivity index (χ1v) is 3.59. The Morgan fingerprint density at radius 3 is 2.38 bits per heavy atom. The summed E-state index contributed by atoms with van der Waals surface area (Å²) in [5.41, 5.74) is 0. The van der Waals surface area contributed by atoms with Gasteiger partial charge in [-0.2, -0.15) is 13.2 Å². The molecule has 1 atom stereocenters. The lowest BCUT2D eigenvalue weighted by atomic mass is 10.2. The van der Waals surface area contributed by atoms with Crippen LogP contribution in [0.25, 0.3) is 0 Å². The summed E-state index contributed by atoms with van der Waals surface area (Å²) < 4.78 is 43.2. The van der Waals surface area contributed by atoms with Gasteiger partial charge in [-0.1, -0.05) is 0 Å². The maximum Gasteiger partial charge on any atom is 0.411 e. The van der Waals surface area contributed by atoms with E-state index in [4.69, 9.17) is 0 Å². The molecule has 0 aromatic carbocycles. The number of hydrogen-bond donors (Lipinski definition) is 0. The molecule has 0 saturated heterocycles. The van der Waals surface area contributed by atoms with Crippen LogP contribution in [0.3, 0.4) is 0 Å². The summed E-state index contributed by atoms with van der Waals surface area (Å²) in [7, 11) is 1.17. The molecular weight excluding hydrogens is 189 g/mol. The minimum atomic E-state index is -4.35. The Hall–Kier alpha value is -0.780. The molecule has 0 heterocycles. The van der Waals surface area contributed by atoms with Gasteiger partial charge in [0.05, 0.1) is 19.6 Å². The van der Waals surface area contributed by atoms with Crippen LogP contribution in [0.15, 0.2) is 0 Å².